The van der Waals surface area contributed by atoms with Gasteiger partial charge in [0.25, 0.3) is 0 Å². The molecule has 1 atom stereocenters. The second-order valence-corrected chi connectivity index (χ2v) is 3.31. The summed E-state index contributed by atoms with van der Waals surface area (Å²) in [6.07, 6.45) is 5.26. The van der Waals surface area contributed by atoms with Crippen molar-refractivity contribution < 1.29 is 9.84 Å². The molecule has 0 radical (unpaired) electrons. The van der Waals surface area contributed by atoms with Crippen molar-refractivity contribution in [1.29, 1.82) is 0 Å². The Labute approximate surface area is 75.9 Å². The van der Waals surface area contributed by atoms with Crippen LogP contribution < -0.4 is 0 Å². The molecule has 74 valence electrons. The molecule has 0 aliphatic heterocycles. The molecule has 0 aliphatic rings. The van der Waals surface area contributed by atoms with Gasteiger partial charge in [-0.05, 0) is 32.6 Å². The largest absolute Gasteiger partial charge is 0.393 e. The van der Waals surface area contributed by atoms with Crippen LogP contribution in [-0.2, 0) is 4.74 Å². The Morgan fingerprint density at radius 3 is 2.42 bits per heavy atom. The number of unbranched alkanes of at least 4 members (excludes halogenated alkanes) is 2. The van der Waals surface area contributed by atoms with Gasteiger partial charge in [-0.3, -0.25) is 0 Å². The molecule has 0 aromatic carbocycles. The average Bonchev–Trinajstić information content (AvgIpc) is 2.02. The van der Waals surface area contributed by atoms with Crippen LogP contribution in [0.1, 0.15) is 46.0 Å². The van der Waals surface area contributed by atoms with Crippen molar-refractivity contribution in [3.05, 3.63) is 0 Å². The van der Waals surface area contributed by atoms with Crippen LogP contribution in [0.5, 0.6) is 0 Å². The first-order valence-electron chi connectivity index (χ1n) is 5.03. The number of aliphatic hydroxyl groups is 1. The molecule has 0 heterocycles. The highest BCUT2D eigenvalue weighted by Gasteiger charge is 1.94. The lowest BCUT2D eigenvalue weighted by Gasteiger charge is -2.04. The Hall–Kier alpha value is -0.0800. The molecule has 0 rings (SSSR count). The first-order chi connectivity index (χ1) is 5.77. The summed E-state index contributed by atoms with van der Waals surface area (Å²) in [7, 11) is 0. The maximum absolute atomic E-state index is 8.95. The van der Waals surface area contributed by atoms with Gasteiger partial charge in [-0.25, -0.2) is 0 Å². The molecule has 0 aromatic heterocycles. The molecular weight excluding hydrogens is 152 g/mol. The number of hydrogen-bond acceptors (Lipinski definition) is 2. The van der Waals surface area contributed by atoms with Crippen LogP contribution in [-0.4, -0.2) is 24.4 Å². The first kappa shape index (κ1) is 11.9. The molecule has 0 amide bonds. The molecule has 12 heavy (non-hydrogen) atoms. The van der Waals surface area contributed by atoms with E-state index in [4.69, 9.17) is 9.84 Å². The fourth-order valence-corrected chi connectivity index (χ4v) is 0.992. The molecule has 2 heteroatoms. The van der Waals surface area contributed by atoms with Gasteiger partial charge in [0.2, 0.25) is 0 Å². The van der Waals surface area contributed by atoms with Crippen LogP contribution >= 0.6 is 0 Å². The molecule has 0 aromatic rings. The van der Waals surface area contributed by atoms with Crippen LogP contribution in [0.4, 0.5) is 0 Å². The van der Waals surface area contributed by atoms with Crippen molar-refractivity contribution in [2.24, 2.45) is 0 Å². The van der Waals surface area contributed by atoms with E-state index in [9.17, 15) is 0 Å². The summed E-state index contributed by atoms with van der Waals surface area (Å²) in [6.45, 7) is 5.74. The lowest BCUT2D eigenvalue weighted by Crippen LogP contribution is -2.01. The highest BCUT2D eigenvalue weighted by atomic mass is 16.5. The summed E-state index contributed by atoms with van der Waals surface area (Å²) in [4.78, 5) is 0. The molecule has 1 unspecified atom stereocenters. The van der Waals surface area contributed by atoms with E-state index in [2.05, 4.69) is 6.92 Å². The van der Waals surface area contributed by atoms with E-state index < -0.39 is 0 Å². The zero-order valence-electron chi connectivity index (χ0n) is 8.38. The van der Waals surface area contributed by atoms with Crippen LogP contribution in [0.3, 0.4) is 0 Å². The van der Waals surface area contributed by atoms with E-state index in [0.29, 0.717) is 0 Å². The maximum Gasteiger partial charge on any atom is 0.0512 e. The normalized spacial score (nSPS) is 13.2. The van der Waals surface area contributed by atoms with Gasteiger partial charge in [0.05, 0.1) is 6.10 Å². The molecule has 0 saturated heterocycles. The maximum atomic E-state index is 8.95. The SMILES string of the molecule is CCCCOCCCCC(C)O. The average molecular weight is 174 g/mol. The summed E-state index contributed by atoms with van der Waals surface area (Å²) in [5, 5.41) is 8.95. The van der Waals surface area contributed by atoms with Crippen molar-refractivity contribution in [3.63, 3.8) is 0 Å². The number of hydrogen-bond donors (Lipinski definition) is 1. The Morgan fingerprint density at radius 2 is 1.83 bits per heavy atom. The van der Waals surface area contributed by atoms with Gasteiger partial charge in [0, 0.05) is 13.2 Å². The minimum absolute atomic E-state index is 0.152. The zero-order valence-corrected chi connectivity index (χ0v) is 8.38. The number of rotatable bonds is 8. The van der Waals surface area contributed by atoms with Crippen molar-refractivity contribution in [2.45, 2.75) is 52.1 Å². The molecule has 0 fully saturated rings. The van der Waals surface area contributed by atoms with Crippen molar-refractivity contribution in [3.8, 4) is 0 Å². The summed E-state index contributed by atoms with van der Waals surface area (Å²) < 4.78 is 5.37. The van der Waals surface area contributed by atoms with Crippen molar-refractivity contribution >= 4 is 0 Å². The van der Waals surface area contributed by atoms with Gasteiger partial charge in [-0.1, -0.05) is 13.3 Å². The zero-order chi connectivity index (χ0) is 9.23. The highest BCUT2D eigenvalue weighted by molar-refractivity contribution is 4.47. The molecule has 0 saturated carbocycles. The summed E-state index contributed by atoms with van der Waals surface area (Å²) in [5.41, 5.74) is 0. The molecule has 0 aliphatic carbocycles. The Bertz CT molecular complexity index is 81.9. The third kappa shape index (κ3) is 9.92. The van der Waals surface area contributed by atoms with Gasteiger partial charge in [0.15, 0.2) is 0 Å². The van der Waals surface area contributed by atoms with Crippen LogP contribution in [0.25, 0.3) is 0 Å². The van der Waals surface area contributed by atoms with E-state index in [0.717, 1.165) is 38.9 Å². The van der Waals surface area contributed by atoms with Gasteiger partial charge < -0.3 is 9.84 Å². The molecule has 0 spiro atoms. The van der Waals surface area contributed by atoms with Gasteiger partial charge in [-0.15, -0.1) is 0 Å². The topological polar surface area (TPSA) is 29.5 Å². The van der Waals surface area contributed by atoms with Gasteiger partial charge in [0.1, 0.15) is 0 Å². The second kappa shape index (κ2) is 9.01. The number of ether oxygens (including phenoxy) is 1. The lowest BCUT2D eigenvalue weighted by atomic mass is 10.2. The van der Waals surface area contributed by atoms with Gasteiger partial charge in [-0.2, -0.15) is 0 Å². The van der Waals surface area contributed by atoms with Crippen LogP contribution in [0.2, 0.25) is 0 Å². The fourth-order valence-electron chi connectivity index (χ4n) is 0.992. The quantitative estimate of drug-likeness (QED) is 0.572. The summed E-state index contributed by atoms with van der Waals surface area (Å²) in [5.74, 6) is 0. The molecule has 1 N–H and O–H groups in total. The fraction of sp³-hybridized carbons (Fsp3) is 1.00. The molecule has 2 nitrogen and oxygen atoms in total. The number of aliphatic hydroxyl groups excluding tert-OH is 1. The van der Waals surface area contributed by atoms with E-state index in [-0.39, 0.29) is 6.10 Å². The van der Waals surface area contributed by atoms with E-state index in [1.807, 2.05) is 6.92 Å². The third-order valence-electron chi connectivity index (χ3n) is 1.80. The van der Waals surface area contributed by atoms with Crippen LogP contribution in [0, 0.1) is 0 Å². The Morgan fingerprint density at radius 1 is 1.17 bits per heavy atom. The third-order valence-corrected chi connectivity index (χ3v) is 1.80. The highest BCUT2D eigenvalue weighted by Crippen LogP contribution is 2.00. The monoisotopic (exact) mass is 174 g/mol. The van der Waals surface area contributed by atoms with Gasteiger partial charge >= 0.3 is 0 Å². The van der Waals surface area contributed by atoms with E-state index in [1.165, 1.54) is 6.42 Å². The standard InChI is InChI=1S/C10H22O2/c1-3-4-8-12-9-6-5-7-10(2)11/h10-11H,3-9H2,1-2H3. The predicted molar refractivity (Wildman–Crippen MR) is 51.3 cm³/mol. The molecule has 0 bridgehead atoms. The van der Waals surface area contributed by atoms with Crippen molar-refractivity contribution in [2.75, 3.05) is 13.2 Å². The second-order valence-electron chi connectivity index (χ2n) is 3.31. The lowest BCUT2D eigenvalue weighted by molar-refractivity contribution is 0.121. The molecular formula is C10H22O2. The minimum Gasteiger partial charge on any atom is -0.393 e. The Kier molecular flexibility index (Phi) is 8.95. The predicted octanol–water partition coefficient (Wildman–Crippen LogP) is 2.35. The first-order valence-corrected chi connectivity index (χ1v) is 5.03. The minimum atomic E-state index is -0.152. The Balaban J connectivity index is 2.82. The smallest absolute Gasteiger partial charge is 0.0512 e. The van der Waals surface area contributed by atoms with E-state index >= 15 is 0 Å². The summed E-state index contributed by atoms with van der Waals surface area (Å²) in [6, 6.07) is 0. The van der Waals surface area contributed by atoms with Crippen molar-refractivity contribution in [1.82, 2.24) is 0 Å². The summed E-state index contributed by atoms with van der Waals surface area (Å²) >= 11 is 0. The van der Waals surface area contributed by atoms with Crippen LogP contribution in [0.15, 0.2) is 0 Å². The van der Waals surface area contributed by atoms with E-state index in [1.54, 1.807) is 0 Å².